The number of aromatic nitrogens is 1. The number of benzene rings is 2. The lowest BCUT2D eigenvalue weighted by Crippen LogP contribution is -2.04. The molecule has 4 aromatic rings. The SMILES string of the molecule is CC(=O)c1cc(C(=O)c2ccc3c(c2)Sc2ccccc2N3)c2ccccn12. The van der Waals surface area contributed by atoms with Gasteiger partial charge in [-0.15, -0.1) is 0 Å². The molecule has 136 valence electrons. The lowest BCUT2D eigenvalue weighted by molar-refractivity contribution is 0.101. The zero-order valence-electron chi connectivity index (χ0n) is 15.1. The molecular weight excluding hydrogens is 368 g/mol. The van der Waals surface area contributed by atoms with Crippen molar-refractivity contribution < 1.29 is 9.59 Å². The van der Waals surface area contributed by atoms with Crippen LogP contribution in [0.15, 0.2) is 82.7 Å². The van der Waals surface area contributed by atoms with Crippen molar-refractivity contribution >= 4 is 40.2 Å². The lowest BCUT2D eigenvalue weighted by Gasteiger charge is -2.21. The van der Waals surface area contributed by atoms with Crippen LogP contribution in [0, 0.1) is 0 Å². The van der Waals surface area contributed by atoms with E-state index in [1.54, 1.807) is 22.2 Å². The first-order chi connectivity index (χ1) is 13.6. The summed E-state index contributed by atoms with van der Waals surface area (Å²) in [6, 6.07) is 21.1. The molecular formula is C23H16N2O2S. The van der Waals surface area contributed by atoms with Crippen molar-refractivity contribution in [1.29, 1.82) is 0 Å². The number of para-hydroxylation sites is 1. The van der Waals surface area contributed by atoms with Crippen LogP contribution < -0.4 is 5.32 Å². The number of rotatable bonds is 3. The first-order valence-corrected chi connectivity index (χ1v) is 9.77. The fourth-order valence-electron chi connectivity index (χ4n) is 3.54. The van der Waals surface area contributed by atoms with Gasteiger partial charge >= 0.3 is 0 Å². The van der Waals surface area contributed by atoms with Crippen molar-refractivity contribution in [2.45, 2.75) is 16.7 Å². The smallest absolute Gasteiger partial charge is 0.195 e. The van der Waals surface area contributed by atoms with E-state index in [0.717, 1.165) is 26.7 Å². The highest BCUT2D eigenvalue weighted by Gasteiger charge is 2.21. The highest BCUT2D eigenvalue weighted by molar-refractivity contribution is 7.99. The van der Waals surface area contributed by atoms with Gasteiger partial charge in [-0.05, 0) is 48.5 Å². The summed E-state index contributed by atoms with van der Waals surface area (Å²) in [5.41, 5.74) is 4.47. The Bertz CT molecular complexity index is 1270. The lowest BCUT2D eigenvalue weighted by atomic mass is 10.0. The van der Waals surface area contributed by atoms with Crippen LogP contribution in [0.1, 0.15) is 33.3 Å². The summed E-state index contributed by atoms with van der Waals surface area (Å²) >= 11 is 1.65. The Morgan fingerprint density at radius 2 is 1.68 bits per heavy atom. The van der Waals surface area contributed by atoms with Gasteiger partial charge in [-0.1, -0.05) is 30.0 Å². The maximum atomic E-state index is 13.3. The summed E-state index contributed by atoms with van der Waals surface area (Å²) in [7, 11) is 0. The average molecular weight is 384 g/mol. The summed E-state index contributed by atoms with van der Waals surface area (Å²) in [5, 5.41) is 3.41. The minimum absolute atomic E-state index is 0.0675. The van der Waals surface area contributed by atoms with Crippen molar-refractivity contribution in [3.8, 4) is 0 Å². The van der Waals surface area contributed by atoms with E-state index < -0.39 is 0 Å². The third kappa shape index (κ3) is 2.63. The molecule has 28 heavy (non-hydrogen) atoms. The van der Waals surface area contributed by atoms with Gasteiger partial charge in [0.25, 0.3) is 0 Å². The molecule has 0 aliphatic carbocycles. The molecule has 2 aromatic carbocycles. The Balaban J connectivity index is 1.58. The number of fused-ring (bicyclic) bond motifs is 3. The molecule has 0 saturated heterocycles. The van der Waals surface area contributed by atoms with Gasteiger partial charge in [0, 0.05) is 34.0 Å². The topological polar surface area (TPSA) is 50.6 Å². The normalized spacial score (nSPS) is 12.2. The maximum absolute atomic E-state index is 13.3. The molecule has 1 N–H and O–H groups in total. The number of ketones is 2. The van der Waals surface area contributed by atoms with E-state index in [1.807, 2.05) is 60.8 Å². The maximum Gasteiger partial charge on any atom is 0.195 e. The van der Waals surface area contributed by atoms with E-state index in [-0.39, 0.29) is 11.6 Å². The monoisotopic (exact) mass is 384 g/mol. The van der Waals surface area contributed by atoms with Gasteiger partial charge in [0.1, 0.15) is 0 Å². The second kappa shape index (κ2) is 6.39. The number of nitrogens with zero attached hydrogens (tertiary/aromatic N) is 1. The second-order valence-corrected chi connectivity index (χ2v) is 7.80. The molecule has 1 aliphatic heterocycles. The molecule has 0 saturated carbocycles. The fraction of sp³-hybridized carbons (Fsp3) is 0.0435. The largest absolute Gasteiger partial charge is 0.354 e. The molecule has 0 unspecified atom stereocenters. The zero-order chi connectivity index (χ0) is 19.3. The van der Waals surface area contributed by atoms with Crippen LogP contribution in [-0.4, -0.2) is 16.0 Å². The quantitative estimate of drug-likeness (QED) is 0.413. The highest BCUT2D eigenvalue weighted by Crippen LogP contribution is 2.44. The van der Waals surface area contributed by atoms with Gasteiger partial charge in [-0.25, -0.2) is 0 Å². The Morgan fingerprint density at radius 3 is 2.54 bits per heavy atom. The Hall–Kier alpha value is -3.31. The number of carbonyl (C=O) groups is 2. The van der Waals surface area contributed by atoms with Gasteiger partial charge in [-0.2, -0.15) is 0 Å². The van der Waals surface area contributed by atoms with E-state index >= 15 is 0 Å². The van der Waals surface area contributed by atoms with Gasteiger partial charge in [0.05, 0.1) is 22.6 Å². The van der Waals surface area contributed by atoms with Crippen LogP contribution in [0.3, 0.4) is 0 Å². The van der Waals surface area contributed by atoms with Crippen molar-refractivity contribution in [1.82, 2.24) is 4.40 Å². The van der Waals surface area contributed by atoms with Crippen molar-refractivity contribution in [3.63, 3.8) is 0 Å². The van der Waals surface area contributed by atoms with Gasteiger partial charge < -0.3 is 9.72 Å². The molecule has 0 radical (unpaired) electrons. The predicted octanol–water partition coefficient (Wildman–Crippen LogP) is 5.58. The van der Waals surface area contributed by atoms with Crippen LogP contribution >= 0.6 is 11.8 Å². The molecule has 0 fully saturated rings. The number of Topliss-reactive ketones (excluding diaryl/α,β-unsaturated/α-hetero) is 1. The second-order valence-electron chi connectivity index (χ2n) is 6.72. The van der Waals surface area contributed by atoms with Crippen LogP contribution in [0.2, 0.25) is 0 Å². The van der Waals surface area contributed by atoms with Crippen molar-refractivity contribution in [2.24, 2.45) is 0 Å². The minimum Gasteiger partial charge on any atom is -0.354 e. The number of nitrogens with one attached hydrogen (secondary N) is 1. The average Bonchev–Trinajstić information content (AvgIpc) is 3.11. The number of hydrogen-bond donors (Lipinski definition) is 1. The number of hydrogen-bond acceptors (Lipinski definition) is 4. The van der Waals surface area contributed by atoms with E-state index in [0.29, 0.717) is 16.8 Å². The molecule has 5 heteroatoms. The van der Waals surface area contributed by atoms with E-state index in [9.17, 15) is 9.59 Å². The van der Waals surface area contributed by atoms with Crippen molar-refractivity contribution in [2.75, 3.05) is 5.32 Å². The molecule has 0 amide bonds. The van der Waals surface area contributed by atoms with Gasteiger partial charge in [0.2, 0.25) is 0 Å². The Morgan fingerprint density at radius 1 is 0.893 bits per heavy atom. The summed E-state index contributed by atoms with van der Waals surface area (Å²) < 4.78 is 1.78. The predicted molar refractivity (Wildman–Crippen MR) is 111 cm³/mol. The summed E-state index contributed by atoms with van der Waals surface area (Å²) in [4.78, 5) is 27.4. The van der Waals surface area contributed by atoms with E-state index in [1.165, 1.54) is 6.92 Å². The summed E-state index contributed by atoms with van der Waals surface area (Å²) in [6.07, 6.45) is 1.81. The first-order valence-electron chi connectivity index (χ1n) is 8.95. The van der Waals surface area contributed by atoms with E-state index in [2.05, 4.69) is 11.4 Å². The molecule has 5 rings (SSSR count). The molecule has 2 aromatic heterocycles. The van der Waals surface area contributed by atoms with Crippen LogP contribution in [0.5, 0.6) is 0 Å². The standard InChI is InChI=1S/C23H16N2O2S/c1-14(26)20-13-16(19-7-4-5-11-25(19)20)23(27)15-9-10-18-22(12-15)28-21-8-3-2-6-17(21)24-18/h2-13,24H,1H3. The molecule has 3 heterocycles. The Labute approximate surface area is 166 Å². The van der Waals surface area contributed by atoms with Crippen LogP contribution in [-0.2, 0) is 0 Å². The third-order valence-corrected chi connectivity index (χ3v) is 6.04. The van der Waals surface area contributed by atoms with E-state index in [4.69, 9.17) is 0 Å². The van der Waals surface area contributed by atoms with Crippen LogP contribution in [0.25, 0.3) is 5.52 Å². The molecule has 4 nitrogen and oxygen atoms in total. The summed E-state index contributed by atoms with van der Waals surface area (Å²) in [6.45, 7) is 1.52. The molecule has 1 aliphatic rings. The van der Waals surface area contributed by atoms with Crippen LogP contribution in [0.4, 0.5) is 11.4 Å². The number of carbonyl (C=O) groups excluding carboxylic acids is 2. The zero-order valence-corrected chi connectivity index (χ0v) is 15.9. The summed E-state index contributed by atoms with van der Waals surface area (Å²) in [5.74, 6) is -0.152. The fourth-order valence-corrected chi connectivity index (χ4v) is 4.56. The molecule has 0 bridgehead atoms. The molecule has 0 atom stereocenters. The van der Waals surface area contributed by atoms with Gasteiger partial charge in [0.15, 0.2) is 11.6 Å². The molecule has 0 spiro atoms. The highest BCUT2D eigenvalue weighted by atomic mass is 32.2. The Kier molecular flexibility index (Phi) is 3.84. The number of anilines is 2. The van der Waals surface area contributed by atoms with Crippen molar-refractivity contribution in [3.05, 3.63) is 89.7 Å². The number of pyridine rings is 1. The minimum atomic E-state index is -0.0848. The first kappa shape index (κ1) is 16.8. The third-order valence-electron chi connectivity index (χ3n) is 4.90. The van der Waals surface area contributed by atoms with Gasteiger partial charge in [-0.3, -0.25) is 9.59 Å².